The molecule has 0 radical (unpaired) electrons. The van der Waals surface area contributed by atoms with Crippen molar-refractivity contribution in [3.63, 3.8) is 0 Å². The fourth-order valence-electron chi connectivity index (χ4n) is 5.62. The molecular formula is C29H31FN6O4. The molecule has 2 aromatic heterocycles. The van der Waals surface area contributed by atoms with Crippen LogP contribution in [0, 0.1) is 5.82 Å². The summed E-state index contributed by atoms with van der Waals surface area (Å²) in [5, 5.41) is 13.5. The van der Waals surface area contributed by atoms with Gasteiger partial charge in [-0.15, -0.1) is 5.10 Å². The smallest absolute Gasteiger partial charge is 0.253 e. The third-order valence-electron chi connectivity index (χ3n) is 7.70. The molecule has 10 nitrogen and oxygen atoms in total. The number of H-pyrrole nitrogens is 1. The zero-order valence-electron chi connectivity index (χ0n) is 22.5. The van der Waals surface area contributed by atoms with Crippen LogP contribution in [0.3, 0.4) is 0 Å². The Labute approximate surface area is 230 Å². The summed E-state index contributed by atoms with van der Waals surface area (Å²) < 4.78 is 32.0. The van der Waals surface area contributed by atoms with E-state index >= 15 is 0 Å². The first-order valence-corrected chi connectivity index (χ1v) is 13.4. The first kappa shape index (κ1) is 26.1. The predicted octanol–water partition coefficient (Wildman–Crippen LogP) is 3.73. The number of rotatable bonds is 8. The Kier molecular flexibility index (Phi) is 7.31. The minimum absolute atomic E-state index is 0.0286. The van der Waals surface area contributed by atoms with E-state index in [4.69, 9.17) is 14.2 Å². The van der Waals surface area contributed by atoms with Crippen molar-refractivity contribution in [2.45, 2.75) is 38.0 Å². The van der Waals surface area contributed by atoms with E-state index < -0.39 is 6.04 Å². The van der Waals surface area contributed by atoms with Crippen LogP contribution in [0.2, 0.25) is 0 Å². The fraction of sp³-hybridized carbons (Fsp3) is 0.379. The van der Waals surface area contributed by atoms with Gasteiger partial charge in [0.2, 0.25) is 0 Å². The molecule has 2 aliphatic rings. The standard InChI is InChI=1S/C29H31FN6O4/c1-38-25-15-20-14-23(29(37)31-24(20)16-26(25)39-2)27(28-32-33-34-36(28)17-22-4-3-13-40-22)35-11-9-19(10-12-35)18-5-7-21(30)8-6-18/h5-9,14-16,22,27H,3-4,10-13,17H2,1-2H3,(H,31,37)/t22-,27-/m1/s1. The van der Waals surface area contributed by atoms with Crippen molar-refractivity contribution in [2.75, 3.05) is 33.9 Å². The van der Waals surface area contributed by atoms with Crippen molar-refractivity contribution >= 4 is 16.5 Å². The molecule has 1 fully saturated rings. The summed E-state index contributed by atoms with van der Waals surface area (Å²) in [7, 11) is 3.14. The number of nitrogens with zero attached hydrogens (tertiary/aromatic N) is 5. The second kappa shape index (κ2) is 11.2. The minimum Gasteiger partial charge on any atom is -0.493 e. The van der Waals surface area contributed by atoms with E-state index in [-0.39, 0.29) is 17.5 Å². The number of methoxy groups -OCH3 is 2. The van der Waals surface area contributed by atoms with E-state index in [9.17, 15) is 9.18 Å². The van der Waals surface area contributed by atoms with E-state index in [2.05, 4.69) is 31.5 Å². The van der Waals surface area contributed by atoms with Gasteiger partial charge in [0, 0.05) is 36.7 Å². The maximum Gasteiger partial charge on any atom is 0.253 e. The highest BCUT2D eigenvalue weighted by molar-refractivity contribution is 5.83. The van der Waals surface area contributed by atoms with E-state index in [1.54, 1.807) is 37.1 Å². The topological polar surface area (TPSA) is 107 Å². The molecule has 1 N–H and O–H groups in total. The second-order valence-corrected chi connectivity index (χ2v) is 10.1. The molecular weight excluding hydrogens is 515 g/mol. The monoisotopic (exact) mass is 546 g/mol. The highest BCUT2D eigenvalue weighted by Crippen LogP contribution is 2.35. The Bertz CT molecular complexity index is 1590. The SMILES string of the molecule is COc1cc2cc([C@H](c3nnnn3C[C@H]3CCCO3)N3CC=C(c4ccc(F)cc4)CC3)c(=O)[nH]c2cc1OC. The number of tetrazole rings is 1. The van der Waals surface area contributed by atoms with Crippen molar-refractivity contribution in [1.82, 2.24) is 30.1 Å². The third-order valence-corrected chi connectivity index (χ3v) is 7.70. The van der Waals surface area contributed by atoms with Gasteiger partial charge in [-0.2, -0.15) is 0 Å². The highest BCUT2D eigenvalue weighted by Gasteiger charge is 2.32. The number of pyridine rings is 1. The molecule has 0 bridgehead atoms. The maximum atomic E-state index is 13.6. The minimum atomic E-state index is -0.510. The number of fused-ring (bicyclic) bond motifs is 1. The van der Waals surface area contributed by atoms with Crippen LogP contribution >= 0.6 is 0 Å². The van der Waals surface area contributed by atoms with Gasteiger partial charge in [-0.3, -0.25) is 9.69 Å². The first-order chi connectivity index (χ1) is 19.5. The van der Waals surface area contributed by atoms with Gasteiger partial charge in [-0.05, 0) is 65.1 Å². The van der Waals surface area contributed by atoms with Crippen LogP contribution in [0.15, 0.2) is 53.3 Å². The second-order valence-electron chi connectivity index (χ2n) is 10.1. The molecule has 11 heteroatoms. The van der Waals surface area contributed by atoms with Crippen molar-refractivity contribution < 1.29 is 18.6 Å². The molecule has 0 aliphatic carbocycles. The average Bonchev–Trinajstić information content (AvgIpc) is 3.66. The molecule has 0 spiro atoms. The van der Waals surface area contributed by atoms with Gasteiger partial charge in [-0.25, -0.2) is 9.07 Å². The lowest BCUT2D eigenvalue weighted by molar-refractivity contribution is 0.0910. The quantitative estimate of drug-likeness (QED) is 0.356. The van der Waals surface area contributed by atoms with Gasteiger partial charge in [0.25, 0.3) is 5.56 Å². The number of benzene rings is 2. The van der Waals surface area contributed by atoms with Crippen molar-refractivity contribution in [3.8, 4) is 11.5 Å². The van der Waals surface area contributed by atoms with Gasteiger partial charge >= 0.3 is 0 Å². The average molecular weight is 547 g/mol. The number of hydrogen-bond acceptors (Lipinski definition) is 8. The molecule has 1 saturated heterocycles. The van der Waals surface area contributed by atoms with Crippen LogP contribution in [0.1, 0.15) is 42.3 Å². The summed E-state index contributed by atoms with van der Waals surface area (Å²) in [5.74, 6) is 1.42. The summed E-state index contributed by atoms with van der Waals surface area (Å²) >= 11 is 0. The molecule has 2 aliphatic heterocycles. The van der Waals surface area contributed by atoms with E-state index in [1.165, 1.54) is 12.1 Å². The molecule has 6 rings (SSSR count). The van der Waals surface area contributed by atoms with E-state index in [1.807, 2.05) is 12.1 Å². The van der Waals surface area contributed by atoms with Crippen LogP contribution < -0.4 is 15.0 Å². The third kappa shape index (κ3) is 5.09. The Hall–Kier alpha value is -4.09. The number of aromatic amines is 1. The highest BCUT2D eigenvalue weighted by atomic mass is 19.1. The van der Waals surface area contributed by atoms with Crippen LogP contribution in [-0.4, -0.2) is 70.1 Å². The van der Waals surface area contributed by atoms with Crippen LogP contribution in [-0.2, 0) is 11.3 Å². The normalized spacial score (nSPS) is 18.6. The Morgan fingerprint density at radius 1 is 1.15 bits per heavy atom. The summed E-state index contributed by atoms with van der Waals surface area (Å²) in [5.41, 5.74) is 3.07. The lowest BCUT2D eigenvalue weighted by Gasteiger charge is -2.33. The summed E-state index contributed by atoms with van der Waals surface area (Å²) in [6, 6.07) is 11.5. The van der Waals surface area contributed by atoms with Gasteiger partial charge in [0.05, 0.1) is 32.4 Å². The fourth-order valence-corrected chi connectivity index (χ4v) is 5.62. The van der Waals surface area contributed by atoms with Gasteiger partial charge < -0.3 is 19.2 Å². The predicted molar refractivity (Wildman–Crippen MR) is 147 cm³/mol. The number of halogens is 1. The molecule has 0 amide bonds. The molecule has 40 heavy (non-hydrogen) atoms. The lowest BCUT2D eigenvalue weighted by Crippen LogP contribution is -2.38. The summed E-state index contributed by atoms with van der Waals surface area (Å²) in [4.78, 5) is 18.9. The summed E-state index contributed by atoms with van der Waals surface area (Å²) in [6.07, 6.45) is 4.83. The molecule has 208 valence electrons. The molecule has 0 saturated carbocycles. The number of hydrogen-bond donors (Lipinski definition) is 1. The van der Waals surface area contributed by atoms with Crippen LogP contribution in [0.4, 0.5) is 4.39 Å². The lowest BCUT2D eigenvalue weighted by atomic mass is 9.96. The van der Waals surface area contributed by atoms with Gasteiger partial charge in [0.15, 0.2) is 17.3 Å². The Morgan fingerprint density at radius 2 is 1.95 bits per heavy atom. The van der Waals surface area contributed by atoms with Crippen molar-refractivity contribution in [3.05, 3.63) is 81.7 Å². The Morgan fingerprint density at radius 3 is 2.65 bits per heavy atom. The van der Waals surface area contributed by atoms with Crippen molar-refractivity contribution in [2.24, 2.45) is 0 Å². The number of ether oxygens (including phenoxy) is 3. The van der Waals surface area contributed by atoms with E-state index in [0.717, 1.165) is 42.4 Å². The van der Waals surface area contributed by atoms with Crippen LogP contribution in [0.25, 0.3) is 16.5 Å². The van der Waals surface area contributed by atoms with Gasteiger partial charge in [-0.1, -0.05) is 18.2 Å². The van der Waals surface area contributed by atoms with Crippen molar-refractivity contribution in [1.29, 1.82) is 0 Å². The summed E-state index contributed by atoms with van der Waals surface area (Å²) in [6.45, 7) is 2.46. The zero-order valence-corrected chi connectivity index (χ0v) is 22.5. The zero-order chi connectivity index (χ0) is 27.6. The number of aromatic nitrogens is 5. The largest absolute Gasteiger partial charge is 0.493 e. The molecule has 2 aromatic carbocycles. The van der Waals surface area contributed by atoms with E-state index in [0.29, 0.717) is 48.0 Å². The molecule has 0 unspecified atom stereocenters. The molecule has 4 aromatic rings. The first-order valence-electron chi connectivity index (χ1n) is 13.4. The molecule has 2 atom stereocenters. The Balaban J connectivity index is 1.42. The maximum absolute atomic E-state index is 13.6. The van der Waals surface area contributed by atoms with Gasteiger partial charge in [0.1, 0.15) is 11.9 Å². The van der Waals surface area contributed by atoms with Crippen LogP contribution in [0.5, 0.6) is 11.5 Å². The molecule has 4 heterocycles. The number of nitrogens with one attached hydrogen (secondary N) is 1.